The Morgan fingerprint density at radius 2 is 1.69 bits per heavy atom. The lowest BCUT2D eigenvalue weighted by Gasteiger charge is -2.31. The fraction of sp³-hybridized carbons (Fsp3) is 0.571. The molecule has 0 atom stereocenters. The van der Waals surface area contributed by atoms with Crippen molar-refractivity contribution in [2.45, 2.75) is 31.1 Å². The van der Waals surface area contributed by atoms with Gasteiger partial charge >= 0.3 is 0 Å². The van der Waals surface area contributed by atoms with Crippen LogP contribution < -0.4 is 5.32 Å². The normalized spacial score (nSPS) is 24.3. The van der Waals surface area contributed by atoms with Gasteiger partial charge < -0.3 is 5.32 Å². The van der Waals surface area contributed by atoms with Gasteiger partial charge in [0.2, 0.25) is 0 Å². The third-order valence-electron chi connectivity index (χ3n) is 4.33. The van der Waals surface area contributed by atoms with Gasteiger partial charge in [-0.05, 0) is 67.8 Å². The van der Waals surface area contributed by atoms with Crippen LogP contribution in [0.25, 0.3) is 0 Å². The molecule has 1 N–H and O–H groups in total. The Labute approximate surface area is 106 Å². The zero-order chi connectivity index (χ0) is 11.0. The smallest absolute Gasteiger partial charge is 0.0175 e. The zero-order valence-electron chi connectivity index (χ0n) is 9.51. The summed E-state index contributed by atoms with van der Waals surface area (Å²) in [5.74, 6) is 0.912. The van der Waals surface area contributed by atoms with Gasteiger partial charge in [0.15, 0.2) is 0 Å². The van der Waals surface area contributed by atoms with E-state index in [0.29, 0.717) is 5.41 Å². The van der Waals surface area contributed by atoms with E-state index in [2.05, 4.69) is 45.5 Å². The fourth-order valence-corrected chi connectivity index (χ4v) is 3.49. The van der Waals surface area contributed by atoms with Crippen LogP contribution in [0.15, 0.2) is 28.7 Å². The molecule has 0 amide bonds. The lowest BCUT2D eigenvalue weighted by atomic mass is 9.77. The highest BCUT2D eigenvalue weighted by atomic mass is 79.9. The van der Waals surface area contributed by atoms with Crippen molar-refractivity contribution >= 4 is 15.9 Å². The van der Waals surface area contributed by atoms with Gasteiger partial charge in [0.05, 0.1) is 0 Å². The van der Waals surface area contributed by atoms with E-state index in [1.807, 2.05) is 0 Å². The molecule has 86 valence electrons. The molecule has 2 fully saturated rings. The van der Waals surface area contributed by atoms with E-state index in [-0.39, 0.29) is 0 Å². The Balaban J connectivity index is 1.84. The molecule has 1 saturated carbocycles. The maximum Gasteiger partial charge on any atom is 0.0175 e. The lowest BCUT2D eigenvalue weighted by molar-refractivity contribution is 0.303. The van der Waals surface area contributed by atoms with Gasteiger partial charge in [-0.25, -0.2) is 0 Å². The third-order valence-corrected chi connectivity index (χ3v) is 4.86. The van der Waals surface area contributed by atoms with Gasteiger partial charge in [0.25, 0.3) is 0 Å². The van der Waals surface area contributed by atoms with E-state index < -0.39 is 0 Å². The van der Waals surface area contributed by atoms with Gasteiger partial charge in [-0.15, -0.1) is 0 Å². The molecule has 1 nitrogen and oxygen atoms in total. The van der Waals surface area contributed by atoms with E-state index in [1.54, 1.807) is 5.56 Å². The van der Waals surface area contributed by atoms with Gasteiger partial charge in [0.1, 0.15) is 0 Å². The highest BCUT2D eigenvalue weighted by Gasteiger charge is 2.50. The van der Waals surface area contributed by atoms with Crippen LogP contribution >= 0.6 is 15.9 Å². The molecular weight excluding hydrogens is 262 g/mol. The van der Waals surface area contributed by atoms with E-state index in [0.717, 1.165) is 5.92 Å². The topological polar surface area (TPSA) is 12.0 Å². The largest absolute Gasteiger partial charge is 0.317 e. The first-order valence-electron chi connectivity index (χ1n) is 6.28. The van der Waals surface area contributed by atoms with Crippen LogP contribution in [0.2, 0.25) is 0 Å². The van der Waals surface area contributed by atoms with E-state index in [9.17, 15) is 0 Å². The lowest BCUT2D eigenvalue weighted by Crippen LogP contribution is -2.34. The molecule has 0 bridgehead atoms. The van der Waals surface area contributed by atoms with Gasteiger partial charge in [-0.2, -0.15) is 0 Å². The Morgan fingerprint density at radius 1 is 1.06 bits per heavy atom. The van der Waals surface area contributed by atoms with Crippen molar-refractivity contribution in [1.82, 2.24) is 5.32 Å². The van der Waals surface area contributed by atoms with E-state index >= 15 is 0 Å². The van der Waals surface area contributed by atoms with Crippen molar-refractivity contribution in [1.29, 1.82) is 0 Å². The summed E-state index contributed by atoms with van der Waals surface area (Å²) in [6.07, 6.45) is 5.52. The van der Waals surface area contributed by atoms with Crippen LogP contribution in [0.4, 0.5) is 0 Å². The summed E-state index contributed by atoms with van der Waals surface area (Å²) in [4.78, 5) is 0. The molecule has 3 rings (SSSR count). The highest BCUT2D eigenvalue weighted by molar-refractivity contribution is 9.10. The molecule has 0 unspecified atom stereocenters. The maximum absolute atomic E-state index is 3.52. The molecule has 1 aliphatic heterocycles. The Bertz CT molecular complexity index is 361. The first-order valence-corrected chi connectivity index (χ1v) is 7.07. The first-order chi connectivity index (χ1) is 7.81. The molecular formula is C14H18BrN. The molecule has 1 aromatic rings. The van der Waals surface area contributed by atoms with Crippen molar-refractivity contribution < 1.29 is 0 Å². The Hall–Kier alpha value is -0.340. The highest BCUT2D eigenvalue weighted by Crippen LogP contribution is 2.56. The predicted molar refractivity (Wildman–Crippen MR) is 70.6 cm³/mol. The second-order valence-electron chi connectivity index (χ2n) is 5.19. The molecule has 0 radical (unpaired) electrons. The predicted octanol–water partition coefficient (Wildman–Crippen LogP) is 3.48. The summed E-state index contributed by atoms with van der Waals surface area (Å²) in [5.41, 5.74) is 2.12. The van der Waals surface area contributed by atoms with E-state index in [1.165, 1.54) is 43.2 Å². The summed E-state index contributed by atoms with van der Waals surface area (Å²) in [7, 11) is 0. The summed E-state index contributed by atoms with van der Waals surface area (Å²) in [6, 6.07) is 9.02. The SMILES string of the molecule is Brc1ccc(C2(C3CCNCC3)CC2)cc1. The minimum Gasteiger partial charge on any atom is -0.317 e. The second-order valence-corrected chi connectivity index (χ2v) is 6.10. The monoisotopic (exact) mass is 279 g/mol. The van der Waals surface area contributed by atoms with Crippen LogP contribution in [0.3, 0.4) is 0 Å². The van der Waals surface area contributed by atoms with Crippen molar-refractivity contribution in [2.75, 3.05) is 13.1 Å². The number of benzene rings is 1. The standard InChI is InChI=1S/C14H18BrN/c15-13-3-1-11(2-4-13)14(7-8-14)12-5-9-16-10-6-12/h1-4,12,16H,5-10H2. The molecule has 1 aliphatic carbocycles. The minimum absolute atomic E-state index is 0.544. The molecule has 2 aliphatic rings. The molecule has 2 heteroatoms. The average molecular weight is 280 g/mol. The summed E-state index contributed by atoms with van der Waals surface area (Å²) >= 11 is 3.52. The maximum atomic E-state index is 3.52. The van der Waals surface area contributed by atoms with Crippen molar-refractivity contribution in [3.63, 3.8) is 0 Å². The van der Waals surface area contributed by atoms with Crippen molar-refractivity contribution in [3.8, 4) is 0 Å². The Kier molecular flexibility index (Phi) is 2.80. The van der Waals surface area contributed by atoms with Crippen molar-refractivity contribution in [3.05, 3.63) is 34.3 Å². The van der Waals surface area contributed by atoms with Gasteiger partial charge in [0, 0.05) is 4.47 Å². The van der Waals surface area contributed by atoms with Crippen LogP contribution in [0.5, 0.6) is 0 Å². The summed E-state index contributed by atoms with van der Waals surface area (Å²) < 4.78 is 1.19. The Morgan fingerprint density at radius 3 is 2.25 bits per heavy atom. The van der Waals surface area contributed by atoms with Crippen molar-refractivity contribution in [2.24, 2.45) is 5.92 Å². The molecule has 0 spiro atoms. The van der Waals surface area contributed by atoms with Gasteiger partial charge in [-0.3, -0.25) is 0 Å². The quantitative estimate of drug-likeness (QED) is 0.874. The third kappa shape index (κ3) is 1.82. The summed E-state index contributed by atoms with van der Waals surface area (Å²) in [5, 5.41) is 3.47. The molecule has 1 saturated heterocycles. The van der Waals surface area contributed by atoms with Crippen LogP contribution in [0, 0.1) is 5.92 Å². The van der Waals surface area contributed by atoms with Gasteiger partial charge in [-0.1, -0.05) is 28.1 Å². The average Bonchev–Trinajstić information content (AvgIpc) is 3.13. The molecule has 0 aromatic heterocycles. The zero-order valence-corrected chi connectivity index (χ0v) is 11.1. The first kappa shape index (κ1) is 10.8. The van der Waals surface area contributed by atoms with Crippen LogP contribution in [-0.4, -0.2) is 13.1 Å². The van der Waals surface area contributed by atoms with Crippen LogP contribution in [0.1, 0.15) is 31.2 Å². The fourth-order valence-electron chi connectivity index (χ4n) is 3.22. The second kappa shape index (κ2) is 4.15. The molecule has 1 aromatic carbocycles. The number of piperidine rings is 1. The number of rotatable bonds is 2. The number of hydrogen-bond acceptors (Lipinski definition) is 1. The van der Waals surface area contributed by atoms with E-state index in [4.69, 9.17) is 0 Å². The van der Waals surface area contributed by atoms with Crippen LogP contribution in [-0.2, 0) is 5.41 Å². The number of halogens is 1. The molecule has 16 heavy (non-hydrogen) atoms. The number of hydrogen-bond donors (Lipinski definition) is 1. The molecule has 1 heterocycles. The number of nitrogens with one attached hydrogen (secondary N) is 1. The minimum atomic E-state index is 0.544. The summed E-state index contributed by atoms with van der Waals surface area (Å²) in [6.45, 7) is 2.42.